The lowest BCUT2D eigenvalue weighted by molar-refractivity contribution is 0.901. The molecule has 2 aromatic rings. The van der Waals surface area contributed by atoms with Crippen LogP contribution in [-0.4, -0.2) is 19.3 Å². The summed E-state index contributed by atoms with van der Waals surface area (Å²) in [6, 6.07) is 13.8. The number of benzene rings is 2. The van der Waals surface area contributed by atoms with E-state index in [2.05, 4.69) is 28.6 Å². The fraction of sp³-hybridized carbons (Fsp3) is 0.211. The molecule has 3 nitrogen and oxygen atoms in total. The molecule has 0 amide bonds. The average Bonchev–Trinajstić information content (AvgIpc) is 2.88. The number of hydrogen-bond acceptors (Lipinski definition) is 3. The maximum atomic E-state index is 6.21. The molecule has 0 saturated heterocycles. The van der Waals surface area contributed by atoms with E-state index < -0.39 is 0 Å². The molecule has 0 atom stereocenters. The molecule has 0 radical (unpaired) electrons. The first kappa shape index (κ1) is 16.9. The van der Waals surface area contributed by atoms with Gasteiger partial charge in [-0.05, 0) is 44.2 Å². The summed E-state index contributed by atoms with van der Waals surface area (Å²) in [4.78, 5) is 8.94. The summed E-state index contributed by atoms with van der Waals surface area (Å²) in [5, 5.41) is 1.15. The van der Waals surface area contributed by atoms with Crippen molar-refractivity contribution in [1.29, 1.82) is 0 Å². The van der Waals surface area contributed by atoms with E-state index >= 15 is 0 Å². The van der Waals surface area contributed by atoms with Crippen LogP contribution in [0.4, 0.5) is 17.1 Å². The smallest absolute Gasteiger partial charge is 0.115 e. The number of halogens is 2. The van der Waals surface area contributed by atoms with Gasteiger partial charge in [0.1, 0.15) is 5.82 Å². The first-order valence-electron chi connectivity index (χ1n) is 7.99. The molecule has 2 aromatic carbocycles. The van der Waals surface area contributed by atoms with Crippen molar-refractivity contribution in [3.05, 3.63) is 64.4 Å². The minimum atomic E-state index is 0.573. The van der Waals surface area contributed by atoms with E-state index in [1.54, 1.807) is 0 Å². The van der Waals surface area contributed by atoms with Gasteiger partial charge >= 0.3 is 0 Å². The van der Waals surface area contributed by atoms with E-state index in [1.165, 1.54) is 0 Å². The Morgan fingerprint density at radius 3 is 1.96 bits per heavy atom. The number of fused-ring (bicyclic) bond motifs is 1. The van der Waals surface area contributed by atoms with Crippen LogP contribution in [0.3, 0.4) is 0 Å². The Morgan fingerprint density at radius 2 is 1.46 bits per heavy atom. The number of anilines is 2. The van der Waals surface area contributed by atoms with Crippen LogP contribution in [0.5, 0.6) is 0 Å². The van der Waals surface area contributed by atoms with Gasteiger partial charge < -0.3 is 9.80 Å². The number of para-hydroxylation sites is 1. The summed E-state index contributed by atoms with van der Waals surface area (Å²) in [7, 11) is 0. The Morgan fingerprint density at radius 1 is 0.917 bits per heavy atom. The largest absolute Gasteiger partial charge is 0.326 e. The van der Waals surface area contributed by atoms with Crippen LogP contribution in [0.1, 0.15) is 13.8 Å². The Bertz CT molecular complexity index is 746. The zero-order chi connectivity index (χ0) is 17.1. The molecule has 24 heavy (non-hydrogen) atoms. The van der Waals surface area contributed by atoms with Crippen molar-refractivity contribution in [3.63, 3.8) is 0 Å². The number of hydrogen-bond donors (Lipinski definition) is 0. The molecular weight excluding hydrogens is 341 g/mol. The summed E-state index contributed by atoms with van der Waals surface area (Å²) in [5.41, 5.74) is 3.09. The summed E-state index contributed by atoms with van der Waals surface area (Å²) in [6.07, 6.45) is 3.87. The fourth-order valence-corrected chi connectivity index (χ4v) is 3.22. The van der Waals surface area contributed by atoms with Gasteiger partial charge in [-0.25, -0.2) is 0 Å². The summed E-state index contributed by atoms with van der Waals surface area (Å²) in [5.74, 6) is 1.08. The van der Waals surface area contributed by atoms with Crippen molar-refractivity contribution in [3.8, 4) is 0 Å². The van der Waals surface area contributed by atoms with Crippen LogP contribution >= 0.6 is 23.2 Å². The van der Waals surface area contributed by atoms with Gasteiger partial charge in [-0.2, -0.15) is 0 Å². The monoisotopic (exact) mass is 359 g/mol. The molecule has 1 aliphatic heterocycles. The van der Waals surface area contributed by atoms with Gasteiger partial charge in [0.25, 0.3) is 0 Å². The third-order valence-electron chi connectivity index (χ3n) is 3.99. The van der Waals surface area contributed by atoms with Gasteiger partial charge in [0.2, 0.25) is 0 Å². The Labute approximate surface area is 152 Å². The van der Waals surface area contributed by atoms with E-state index in [0.29, 0.717) is 10.0 Å². The second kappa shape index (κ2) is 7.29. The van der Waals surface area contributed by atoms with Gasteiger partial charge in [0.15, 0.2) is 0 Å². The molecule has 0 bridgehead atoms. The highest BCUT2D eigenvalue weighted by molar-refractivity contribution is 6.42. The highest BCUT2D eigenvalue weighted by atomic mass is 35.5. The average molecular weight is 360 g/mol. The van der Waals surface area contributed by atoms with Crippen LogP contribution in [-0.2, 0) is 0 Å². The topological polar surface area (TPSA) is 18.8 Å². The molecule has 124 valence electrons. The molecule has 0 aromatic heterocycles. The number of aliphatic imine (C=N–C) groups is 1. The lowest BCUT2D eigenvalue weighted by atomic mass is 10.2. The van der Waals surface area contributed by atoms with Crippen LogP contribution in [0.2, 0.25) is 10.0 Å². The summed E-state index contributed by atoms with van der Waals surface area (Å²) >= 11 is 12.4. The van der Waals surface area contributed by atoms with Crippen molar-refractivity contribution in [2.75, 3.05) is 22.9 Å². The standard InChI is InChI=1S/C19H19Cl2N3/c1-3-23-17-12-15(20)16(21)13-18(17)24(4-2)19(23)10-11-22-14-8-6-5-7-9-14/h5-13H,3-4H2,1-2H3. The Kier molecular flexibility index (Phi) is 5.12. The van der Waals surface area contributed by atoms with Crippen LogP contribution in [0, 0.1) is 0 Å². The van der Waals surface area contributed by atoms with Crippen LogP contribution in [0.15, 0.2) is 59.4 Å². The molecule has 0 aliphatic carbocycles. The maximum Gasteiger partial charge on any atom is 0.115 e. The zero-order valence-corrected chi connectivity index (χ0v) is 15.2. The van der Waals surface area contributed by atoms with E-state index in [0.717, 1.165) is 36.0 Å². The van der Waals surface area contributed by atoms with Crippen molar-refractivity contribution in [2.24, 2.45) is 4.99 Å². The predicted octanol–water partition coefficient (Wildman–Crippen LogP) is 5.90. The minimum absolute atomic E-state index is 0.573. The number of rotatable bonds is 4. The van der Waals surface area contributed by atoms with Crippen LogP contribution in [0.25, 0.3) is 0 Å². The lowest BCUT2D eigenvalue weighted by Gasteiger charge is -2.22. The van der Waals surface area contributed by atoms with Crippen molar-refractivity contribution < 1.29 is 0 Å². The summed E-state index contributed by atoms with van der Waals surface area (Å²) in [6.45, 7) is 5.92. The van der Waals surface area contributed by atoms with Crippen molar-refractivity contribution in [1.82, 2.24) is 0 Å². The fourth-order valence-electron chi connectivity index (χ4n) is 2.90. The first-order chi connectivity index (χ1) is 11.7. The van der Waals surface area contributed by atoms with E-state index in [4.69, 9.17) is 23.2 Å². The Balaban J connectivity index is 1.98. The maximum absolute atomic E-state index is 6.21. The summed E-state index contributed by atoms with van der Waals surface area (Å²) < 4.78 is 0. The van der Waals surface area contributed by atoms with Gasteiger partial charge in [0.05, 0.1) is 27.1 Å². The third kappa shape index (κ3) is 3.14. The molecule has 1 heterocycles. The lowest BCUT2D eigenvalue weighted by Crippen LogP contribution is -2.28. The van der Waals surface area contributed by atoms with E-state index in [9.17, 15) is 0 Å². The number of nitrogens with zero attached hydrogens (tertiary/aromatic N) is 3. The predicted molar refractivity (Wildman–Crippen MR) is 105 cm³/mol. The zero-order valence-electron chi connectivity index (χ0n) is 13.7. The molecule has 5 heteroatoms. The quantitative estimate of drug-likeness (QED) is 0.632. The molecule has 0 saturated carbocycles. The highest BCUT2D eigenvalue weighted by Gasteiger charge is 2.30. The second-order valence-electron chi connectivity index (χ2n) is 5.38. The van der Waals surface area contributed by atoms with Gasteiger partial charge in [-0.1, -0.05) is 41.4 Å². The van der Waals surface area contributed by atoms with E-state index in [-0.39, 0.29) is 0 Å². The molecule has 0 N–H and O–H groups in total. The molecule has 0 unspecified atom stereocenters. The van der Waals surface area contributed by atoms with Gasteiger partial charge in [0, 0.05) is 19.3 Å². The third-order valence-corrected chi connectivity index (χ3v) is 4.71. The van der Waals surface area contributed by atoms with Crippen molar-refractivity contribution in [2.45, 2.75) is 13.8 Å². The second-order valence-corrected chi connectivity index (χ2v) is 6.20. The highest BCUT2D eigenvalue weighted by Crippen LogP contribution is 2.45. The normalized spacial score (nSPS) is 13.8. The molecule has 0 fully saturated rings. The van der Waals surface area contributed by atoms with Gasteiger partial charge in [-0.3, -0.25) is 4.99 Å². The van der Waals surface area contributed by atoms with Gasteiger partial charge in [-0.15, -0.1) is 0 Å². The van der Waals surface area contributed by atoms with Crippen LogP contribution < -0.4 is 9.80 Å². The molecule has 1 aliphatic rings. The molecular formula is C19H19Cl2N3. The molecule has 3 rings (SSSR count). The number of allylic oxidation sites excluding steroid dienone is 1. The minimum Gasteiger partial charge on any atom is -0.326 e. The van der Waals surface area contributed by atoms with Crippen molar-refractivity contribution >= 4 is 46.5 Å². The SMILES string of the molecule is CCN1C(=CC=Nc2ccccc2)N(CC)c2cc(Cl)c(Cl)cc21. The Hall–Kier alpha value is -1.97. The first-order valence-corrected chi connectivity index (χ1v) is 8.74. The van der Waals surface area contributed by atoms with E-state index in [1.807, 2.05) is 54.8 Å². The molecule has 0 spiro atoms.